The van der Waals surface area contributed by atoms with E-state index in [4.69, 9.17) is 0 Å². The van der Waals surface area contributed by atoms with Gasteiger partial charge in [-0.25, -0.2) is 0 Å². The third-order valence-electron chi connectivity index (χ3n) is 7.76. The van der Waals surface area contributed by atoms with E-state index in [9.17, 15) is 9.90 Å². The fraction of sp³-hybridized carbons (Fsp3) is 0.833. The Morgan fingerprint density at radius 3 is 1.90 bits per heavy atom. The van der Waals surface area contributed by atoms with Crippen LogP contribution in [0.4, 0.5) is 0 Å². The average Bonchev–Trinajstić information content (AvgIpc) is 2.97. The number of carboxylic acids is 1. The van der Waals surface area contributed by atoms with Crippen molar-refractivity contribution in [2.75, 3.05) is 0 Å². The van der Waals surface area contributed by atoms with Crippen LogP contribution in [0.3, 0.4) is 0 Å². The predicted octanol–water partition coefficient (Wildman–Crippen LogP) is 3.87. The van der Waals surface area contributed by atoms with Gasteiger partial charge >= 0.3 is 5.97 Å². The van der Waals surface area contributed by atoms with E-state index in [1.54, 1.807) is 0 Å². The number of hydrogen-bond donors (Lipinski definition) is 1. The van der Waals surface area contributed by atoms with Crippen molar-refractivity contribution in [3.8, 4) is 0 Å². The molecule has 0 aliphatic heterocycles. The van der Waals surface area contributed by atoms with Gasteiger partial charge in [0, 0.05) is 0 Å². The first kappa shape index (κ1) is 11.8. The van der Waals surface area contributed by atoms with E-state index >= 15 is 0 Å². The Morgan fingerprint density at radius 1 is 0.900 bits per heavy atom. The lowest BCUT2D eigenvalue weighted by molar-refractivity contribution is -0.184. The summed E-state index contributed by atoms with van der Waals surface area (Å²) in [7, 11) is 0. The molecule has 2 heteroatoms. The minimum atomic E-state index is -0.462. The van der Waals surface area contributed by atoms with E-state index in [2.05, 4.69) is 12.2 Å². The highest BCUT2D eigenvalue weighted by molar-refractivity contribution is 5.78. The summed E-state index contributed by atoms with van der Waals surface area (Å²) in [5, 5.41) is 10.2. The van der Waals surface area contributed by atoms with Crippen LogP contribution in [0.1, 0.15) is 51.4 Å². The quantitative estimate of drug-likeness (QED) is 0.775. The molecule has 6 aliphatic rings. The first-order chi connectivity index (χ1) is 9.61. The minimum Gasteiger partial charge on any atom is -0.481 e. The highest BCUT2D eigenvalue weighted by Gasteiger charge is 2.68. The van der Waals surface area contributed by atoms with Gasteiger partial charge in [-0.1, -0.05) is 12.2 Å². The third kappa shape index (κ3) is 1.21. The lowest BCUT2D eigenvalue weighted by atomic mass is 9.40. The van der Waals surface area contributed by atoms with E-state index in [-0.39, 0.29) is 5.41 Å². The maximum absolute atomic E-state index is 12.4. The van der Waals surface area contributed by atoms with Gasteiger partial charge in [0.05, 0.1) is 5.41 Å². The number of carbonyl (C=O) groups is 1. The highest BCUT2D eigenvalue weighted by atomic mass is 16.4. The Bertz CT molecular complexity index is 470. The number of carboxylic acid groups (broad SMARTS) is 1. The maximum Gasteiger partial charge on any atom is 0.310 e. The van der Waals surface area contributed by atoms with Gasteiger partial charge in [0.1, 0.15) is 0 Å². The molecule has 0 spiro atoms. The molecular formula is C18H24O2. The van der Waals surface area contributed by atoms with Crippen LogP contribution in [0.25, 0.3) is 0 Å². The summed E-state index contributed by atoms with van der Waals surface area (Å²) in [4.78, 5) is 12.4. The minimum absolute atomic E-state index is 0.151. The second kappa shape index (κ2) is 3.51. The number of hydrogen-bond acceptors (Lipinski definition) is 1. The van der Waals surface area contributed by atoms with Gasteiger partial charge in [-0.05, 0) is 86.4 Å². The molecule has 6 rings (SSSR count). The highest BCUT2D eigenvalue weighted by Crippen LogP contribution is 2.72. The Hall–Kier alpha value is -0.790. The molecule has 0 heterocycles. The summed E-state index contributed by atoms with van der Waals surface area (Å²) in [5.41, 5.74) is -0.250. The van der Waals surface area contributed by atoms with E-state index in [1.807, 2.05) is 0 Å². The fourth-order valence-corrected chi connectivity index (χ4v) is 7.60. The molecule has 108 valence electrons. The summed E-state index contributed by atoms with van der Waals surface area (Å²) in [6.07, 6.45) is 14.5. The lowest BCUT2D eigenvalue weighted by Crippen LogP contribution is -2.59. The maximum atomic E-state index is 12.4. The molecular weight excluding hydrogens is 248 g/mol. The van der Waals surface area contributed by atoms with Gasteiger partial charge < -0.3 is 5.11 Å². The lowest BCUT2D eigenvalue weighted by Gasteiger charge is -2.63. The van der Waals surface area contributed by atoms with E-state index in [1.165, 1.54) is 38.5 Å². The second-order valence-electron chi connectivity index (χ2n) is 8.67. The summed E-state index contributed by atoms with van der Waals surface area (Å²) < 4.78 is 0. The van der Waals surface area contributed by atoms with Crippen LogP contribution in [0.5, 0.6) is 0 Å². The Labute approximate surface area is 120 Å². The zero-order valence-corrected chi connectivity index (χ0v) is 12.1. The molecule has 0 saturated heterocycles. The normalized spacial score (nSPS) is 58.5. The average molecular weight is 272 g/mol. The zero-order chi connectivity index (χ0) is 13.5. The molecule has 6 aliphatic carbocycles. The summed E-state index contributed by atoms with van der Waals surface area (Å²) in [6.45, 7) is 0. The Kier molecular flexibility index (Phi) is 2.07. The van der Waals surface area contributed by atoms with Crippen molar-refractivity contribution in [2.24, 2.45) is 40.4 Å². The molecule has 1 N–H and O–H groups in total. The Balaban J connectivity index is 1.63. The van der Waals surface area contributed by atoms with Gasteiger partial charge in [0.25, 0.3) is 0 Å². The van der Waals surface area contributed by atoms with Gasteiger partial charge in [0.2, 0.25) is 0 Å². The number of fused-ring (bicyclic) bond motifs is 2. The molecule has 0 aromatic carbocycles. The van der Waals surface area contributed by atoms with E-state index < -0.39 is 11.4 Å². The molecule has 0 radical (unpaired) electrons. The van der Waals surface area contributed by atoms with Gasteiger partial charge in [-0.2, -0.15) is 0 Å². The van der Waals surface area contributed by atoms with Crippen molar-refractivity contribution in [1.82, 2.24) is 0 Å². The number of allylic oxidation sites excluding steroid dienone is 2. The number of aliphatic carboxylic acids is 1. The molecule has 0 aromatic heterocycles. The zero-order valence-electron chi connectivity index (χ0n) is 12.1. The second-order valence-corrected chi connectivity index (χ2v) is 8.67. The van der Waals surface area contributed by atoms with Crippen LogP contribution in [0, 0.1) is 40.4 Å². The van der Waals surface area contributed by atoms with Crippen LogP contribution in [-0.2, 0) is 4.79 Å². The van der Waals surface area contributed by atoms with E-state index in [0.717, 1.165) is 30.6 Å². The monoisotopic (exact) mass is 272 g/mol. The van der Waals surface area contributed by atoms with Crippen molar-refractivity contribution in [3.63, 3.8) is 0 Å². The van der Waals surface area contributed by atoms with E-state index in [0.29, 0.717) is 11.8 Å². The molecule has 20 heavy (non-hydrogen) atoms. The molecule has 3 unspecified atom stereocenters. The van der Waals surface area contributed by atoms with Crippen molar-refractivity contribution in [2.45, 2.75) is 51.4 Å². The van der Waals surface area contributed by atoms with Gasteiger partial charge in [-0.3, -0.25) is 4.79 Å². The first-order valence-corrected chi connectivity index (χ1v) is 8.53. The SMILES string of the molecule is O=C(O)C1(C23CC4CC(CC(C4)C2)C3)CC2C=CC1C2. The van der Waals surface area contributed by atoms with Crippen molar-refractivity contribution < 1.29 is 9.90 Å². The molecule has 0 amide bonds. The van der Waals surface area contributed by atoms with Crippen LogP contribution in [0.2, 0.25) is 0 Å². The molecule has 5 fully saturated rings. The van der Waals surface area contributed by atoms with Crippen LogP contribution in [0.15, 0.2) is 12.2 Å². The van der Waals surface area contributed by atoms with Crippen molar-refractivity contribution >= 4 is 5.97 Å². The topological polar surface area (TPSA) is 37.3 Å². The summed E-state index contributed by atoms with van der Waals surface area (Å²) in [5.74, 6) is 2.98. The van der Waals surface area contributed by atoms with Gasteiger partial charge in [0.15, 0.2) is 0 Å². The van der Waals surface area contributed by atoms with Crippen LogP contribution in [-0.4, -0.2) is 11.1 Å². The molecule has 5 saturated carbocycles. The standard InChI is InChI=1S/C18H24O2/c19-16(20)18(10-11-1-2-15(18)6-11)17-7-12-3-13(8-17)5-14(4-12)9-17/h1-2,11-15H,3-10H2,(H,19,20). The molecule has 0 aromatic rings. The molecule has 3 atom stereocenters. The third-order valence-corrected chi connectivity index (χ3v) is 7.76. The first-order valence-electron chi connectivity index (χ1n) is 8.53. The van der Waals surface area contributed by atoms with Crippen LogP contribution >= 0.6 is 0 Å². The largest absolute Gasteiger partial charge is 0.481 e. The summed E-state index contributed by atoms with van der Waals surface area (Å²) in [6, 6.07) is 0. The molecule has 2 nitrogen and oxygen atoms in total. The van der Waals surface area contributed by atoms with Crippen LogP contribution < -0.4 is 0 Å². The summed E-state index contributed by atoms with van der Waals surface area (Å²) >= 11 is 0. The van der Waals surface area contributed by atoms with Crippen molar-refractivity contribution in [1.29, 1.82) is 0 Å². The number of rotatable bonds is 2. The molecule has 6 bridgehead atoms. The Morgan fingerprint density at radius 2 is 1.50 bits per heavy atom. The fourth-order valence-electron chi connectivity index (χ4n) is 7.60. The predicted molar refractivity (Wildman–Crippen MR) is 76.0 cm³/mol. The van der Waals surface area contributed by atoms with Crippen molar-refractivity contribution in [3.05, 3.63) is 12.2 Å². The van der Waals surface area contributed by atoms with Gasteiger partial charge in [-0.15, -0.1) is 0 Å². The smallest absolute Gasteiger partial charge is 0.310 e.